The van der Waals surface area contributed by atoms with Gasteiger partial charge < -0.3 is 9.73 Å². The molecule has 0 spiro atoms. The smallest absolute Gasteiger partial charge is 0.446 e. The summed E-state index contributed by atoms with van der Waals surface area (Å²) in [4.78, 5) is 12.1. The molecule has 2 heterocycles. The Bertz CT molecular complexity index is 1120. The maximum Gasteiger partial charge on any atom is 0.446 e. The lowest BCUT2D eigenvalue weighted by atomic mass is 10.2. The lowest BCUT2D eigenvalue weighted by Crippen LogP contribution is -2.34. The summed E-state index contributed by atoms with van der Waals surface area (Å²) in [6.07, 6.45) is 2.69. The van der Waals surface area contributed by atoms with Crippen LogP contribution in [-0.2, 0) is 10.2 Å². The molecule has 10 nitrogen and oxygen atoms in total. The van der Waals surface area contributed by atoms with E-state index >= 15 is 0 Å². The molecule has 0 saturated carbocycles. The molecule has 2 aromatic heterocycles. The van der Waals surface area contributed by atoms with Gasteiger partial charge in [0.05, 0.1) is 21.4 Å². The van der Waals surface area contributed by atoms with E-state index in [4.69, 9.17) is 14.1 Å². The Kier molecular flexibility index (Phi) is 5.46. The predicted octanol–water partition coefficient (Wildman–Crippen LogP) is 1.19. The van der Waals surface area contributed by atoms with Crippen LogP contribution in [0.5, 0.6) is 0 Å². The van der Waals surface area contributed by atoms with Gasteiger partial charge in [-0.15, -0.1) is 0 Å². The Morgan fingerprint density at radius 1 is 1.30 bits per heavy atom. The highest BCUT2D eigenvalue weighted by molar-refractivity contribution is 9.10. The SMILES string of the molecule is NS(=O)(=O)NCCNc1cocc1-c1noc(=O)n1-c1ccc(F)c(Br)c1. The second-order valence-corrected chi connectivity index (χ2v) is 7.50. The fourth-order valence-corrected chi connectivity index (χ4v) is 3.02. The number of hydrogen-bond acceptors (Lipinski definition) is 7. The lowest BCUT2D eigenvalue weighted by molar-refractivity contribution is 0.383. The fourth-order valence-electron chi connectivity index (χ4n) is 2.27. The summed E-state index contributed by atoms with van der Waals surface area (Å²) in [6, 6.07) is 3.99. The van der Waals surface area contributed by atoms with Crippen LogP contribution in [0.2, 0.25) is 0 Å². The van der Waals surface area contributed by atoms with Crippen molar-refractivity contribution < 1.29 is 21.7 Å². The molecular weight excluding hydrogens is 449 g/mol. The van der Waals surface area contributed by atoms with E-state index in [1.165, 1.54) is 30.7 Å². The maximum absolute atomic E-state index is 13.5. The van der Waals surface area contributed by atoms with Gasteiger partial charge in [0.25, 0.3) is 10.2 Å². The zero-order valence-electron chi connectivity index (χ0n) is 13.5. The molecule has 0 fully saturated rings. The Morgan fingerprint density at radius 2 is 2.07 bits per heavy atom. The molecule has 0 atom stereocenters. The van der Waals surface area contributed by atoms with Crippen molar-refractivity contribution >= 4 is 31.8 Å². The molecule has 3 aromatic rings. The number of anilines is 1. The monoisotopic (exact) mass is 461 g/mol. The van der Waals surface area contributed by atoms with Crippen LogP contribution in [-0.4, -0.2) is 31.2 Å². The highest BCUT2D eigenvalue weighted by Gasteiger charge is 2.20. The third-order valence-electron chi connectivity index (χ3n) is 3.41. The highest BCUT2D eigenvalue weighted by Crippen LogP contribution is 2.29. The minimum Gasteiger partial charge on any atom is -0.470 e. The van der Waals surface area contributed by atoms with E-state index in [-0.39, 0.29) is 23.4 Å². The average molecular weight is 462 g/mol. The Hall–Kier alpha value is -2.48. The topological polar surface area (TPSA) is 145 Å². The van der Waals surface area contributed by atoms with E-state index in [1.54, 1.807) is 0 Å². The molecule has 1 aromatic carbocycles. The summed E-state index contributed by atoms with van der Waals surface area (Å²) in [7, 11) is -3.80. The molecule has 144 valence electrons. The molecule has 13 heteroatoms. The normalized spacial score (nSPS) is 11.7. The Balaban J connectivity index is 1.89. The zero-order valence-corrected chi connectivity index (χ0v) is 15.9. The van der Waals surface area contributed by atoms with Crippen molar-refractivity contribution in [3.8, 4) is 17.1 Å². The van der Waals surface area contributed by atoms with Gasteiger partial charge in [0.1, 0.15) is 18.3 Å². The second kappa shape index (κ2) is 7.64. The van der Waals surface area contributed by atoms with Crippen molar-refractivity contribution in [2.24, 2.45) is 5.14 Å². The average Bonchev–Trinajstić information content (AvgIpc) is 3.19. The van der Waals surface area contributed by atoms with Gasteiger partial charge in [-0.05, 0) is 34.1 Å². The van der Waals surface area contributed by atoms with Crippen LogP contribution >= 0.6 is 15.9 Å². The summed E-state index contributed by atoms with van der Waals surface area (Å²) < 4.78 is 48.5. The molecule has 0 bridgehead atoms. The quantitative estimate of drug-likeness (QED) is 0.447. The first kappa shape index (κ1) is 19.3. The van der Waals surface area contributed by atoms with Gasteiger partial charge in [-0.3, -0.25) is 4.52 Å². The lowest BCUT2D eigenvalue weighted by Gasteiger charge is -2.08. The molecule has 27 heavy (non-hydrogen) atoms. The van der Waals surface area contributed by atoms with Crippen molar-refractivity contribution in [2.75, 3.05) is 18.4 Å². The molecule has 0 radical (unpaired) electrons. The van der Waals surface area contributed by atoms with Crippen LogP contribution in [0.4, 0.5) is 10.1 Å². The summed E-state index contributed by atoms with van der Waals surface area (Å²) in [5.74, 6) is -1.14. The Morgan fingerprint density at radius 3 is 2.78 bits per heavy atom. The molecule has 0 amide bonds. The highest BCUT2D eigenvalue weighted by atomic mass is 79.9. The molecule has 3 rings (SSSR count). The van der Waals surface area contributed by atoms with E-state index < -0.39 is 21.8 Å². The first-order valence-corrected chi connectivity index (χ1v) is 9.72. The number of nitrogens with one attached hydrogen (secondary N) is 2. The largest absolute Gasteiger partial charge is 0.470 e. The summed E-state index contributed by atoms with van der Waals surface area (Å²) >= 11 is 3.06. The molecule has 0 unspecified atom stereocenters. The number of benzene rings is 1. The number of nitrogens with zero attached hydrogens (tertiary/aromatic N) is 2. The van der Waals surface area contributed by atoms with E-state index in [2.05, 4.69) is 31.1 Å². The third-order valence-corrected chi connectivity index (χ3v) is 4.63. The van der Waals surface area contributed by atoms with Gasteiger partial charge in [0.15, 0.2) is 5.82 Å². The van der Waals surface area contributed by atoms with Crippen LogP contribution in [0.25, 0.3) is 17.1 Å². The van der Waals surface area contributed by atoms with Gasteiger partial charge in [-0.25, -0.2) is 23.6 Å². The number of furan rings is 1. The van der Waals surface area contributed by atoms with E-state index in [0.29, 0.717) is 16.9 Å². The minimum atomic E-state index is -3.80. The number of aromatic nitrogens is 2. The van der Waals surface area contributed by atoms with Crippen molar-refractivity contribution in [2.45, 2.75) is 0 Å². The van der Waals surface area contributed by atoms with Gasteiger partial charge in [-0.2, -0.15) is 8.42 Å². The van der Waals surface area contributed by atoms with E-state index in [0.717, 1.165) is 4.57 Å². The second-order valence-electron chi connectivity index (χ2n) is 5.27. The Labute approximate surface area is 160 Å². The number of nitrogens with two attached hydrogens (primary N) is 1. The van der Waals surface area contributed by atoms with Crippen LogP contribution in [0.1, 0.15) is 0 Å². The van der Waals surface area contributed by atoms with Crippen molar-refractivity contribution in [3.63, 3.8) is 0 Å². The van der Waals surface area contributed by atoms with Crippen molar-refractivity contribution in [1.29, 1.82) is 0 Å². The molecular formula is C14H13BrFN5O5S. The van der Waals surface area contributed by atoms with E-state index in [1.807, 2.05) is 0 Å². The molecule has 0 saturated heterocycles. The zero-order chi connectivity index (χ0) is 19.6. The first-order valence-electron chi connectivity index (χ1n) is 7.38. The number of hydrogen-bond donors (Lipinski definition) is 3. The summed E-state index contributed by atoms with van der Waals surface area (Å²) in [5, 5.41) is 11.5. The maximum atomic E-state index is 13.5. The predicted molar refractivity (Wildman–Crippen MR) is 97.1 cm³/mol. The fraction of sp³-hybridized carbons (Fsp3) is 0.143. The van der Waals surface area contributed by atoms with Crippen molar-refractivity contribution in [1.82, 2.24) is 14.4 Å². The molecule has 4 N–H and O–H groups in total. The van der Waals surface area contributed by atoms with Gasteiger partial charge in [-0.1, -0.05) is 5.16 Å². The summed E-state index contributed by atoms with van der Waals surface area (Å²) in [6.45, 7) is 0.215. The standard InChI is InChI=1S/C14H13BrFN5O5S/c15-10-5-8(1-2-11(10)16)21-13(20-26-14(21)22)9-6-25-7-12(9)18-3-4-19-27(17,23)24/h1-2,5-7,18-19H,3-4H2,(H2,17,23,24). The van der Waals surface area contributed by atoms with Crippen LogP contribution < -0.4 is 20.9 Å². The third kappa shape index (κ3) is 4.44. The summed E-state index contributed by atoms with van der Waals surface area (Å²) in [5.41, 5.74) is 1.15. The molecule has 0 aliphatic carbocycles. The molecule has 0 aliphatic rings. The number of halogens is 2. The molecule has 0 aliphatic heterocycles. The van der Waals surface area contributed by atoms with Crippen molar-refractivity contribution in [3.05, 3.63) is 51.6 Å². The van der Waals surface area contributed by atoms with Gasteiger partial charge >= 0.3 is 5.76 Å². The van der Waals surface area contributed by atoms with Crippen LogP contribution in [0.3, 0.4) is 0 Å². The van der Waals surface area contributed by atoms with E-state index in [9.17, 15) is 17.6 Å². The van der Waals surface area contributed by atoms with Gasteiger partial charge in [0.2, 0.25) is 0 Å². The van der Waals surface area contributed by atoms with Crippen LogP contribution in [0, 0.1) is 5.82 Å². The first-order chi connectivity index (χ1) is 12.8. The van der Waals surface area contributed by atoms with Crippen LogP contribution in [0.15, 0.2) is 48.9 Å². The minimum absolute atomic E-state index is 0.0278. The van der Waals surface area contributed by atoms with Gasteiger partial charge in [0, 0.05) is 13.1 Å². The number of rotatable bonds is 7.